The van der Waals surface area contributed by atoms with Crippen molar-refractivity contribution in [2.45, 2.75) is 18.4 Å². The summed E-state index contributed by atoms with van der Waals surface area (Å²) in [5, 5.41) is 3.66. The lowest BCUT2D eigenvalue weighted by Crippen LogP contribution is -2.29. The predicted molar refractivity (Wildman–Crippen MR) is 87.8 cm³/mol. The van der Waals surface area contributed by atoms with Crippen LogP contribution in [0.15, 0.2) is 60.7 Å². The van der Waals surface area contributed by atoms with Crippen LogP contribution < -0.4 is 11.1 Å². The van der Waals surface area contributed by atoms with Gasteiger partial charge in [-0.2, -0.15) is 0 Å². The van der Waals surface area contributed by atoms with Gasteiger partial charge in [-0.3, -0.25) is 4.79 Å². The molecule has 4 rings (SSSR count). The van der Waals surface area contributed by atoms with Gasteiger partial charge < -0.3 is 11.1 Å². The molecule has 1 heterocycles. The SMILES string of the molecule is NC(=O)c1ccc2c(c1)C1C=CCC1C(c1ccccc1)N2. The third-order valence-corrected chi connectivity index (χ3v) is 4.81. The quantitative estimate of drug-likeness (QED) is 0.830. The van der Waals surface area contributed by atoms with Gasteiger partial charge in [0.15, 0.2) is 0 Å². The lowest BCUT2D eigenvalue weighted by atomic mass is 9.76. The Morgan fingerprint density at radius 1 is 1.14 bits per heavy atom. The Kier molecular flexibility index (Phi) is 3.00. The maximum atomic E-state index is 11.4. The zero-order valence-corrected chi connectivity index (χ0v) is 12.2. The predicted octanol–water partition coefficient (Wildman–Crippen LogP) is 3.61. The van der Waals surface area contributed by atoms with Crippen LogP contribution in [0, 0.1) is 5.92 Å². The highest BCUT2D eigenvalue weighted by atomic mass is 16.1. The molecule has 22 heavy (non-hydrogen) atoms. The van der Waals surface area contributed by atoms with Crippen molar-refractivity contribution in [3.63, 3.8) is 0 Å². The number of hydrogen-bond acceptors (Lipinski definition) is 2. The fourth-order valence-electron chi connectivity index (χ4n) is 3.74. The number of carbonyl (C=O) groups is 1. The molecule has 3 unspecified atom stereocenters. The van der Waals surface area contributed by atoms with Crippen molar-refractivity contribution in [3.05, 3.63) is 77.4 Å². The van der Waals surface area contributed by atoms with Crippen LogP contribution in [0.1, 0.15) is 39.9 Å². The number of primary amides is 1. The average molecular weight is 290 g/mol. The Bertz CT molecular complexity index is 751. The van der Waals surface area contributed by atoms with E-state index >= 15 is 0 Å². The molecule has 110 valence electrons. The highest BCUT2D eigenvalue weighted by Gasteiger charge is 2.37. The summed E-state index contributed by atoms with van der Waals surface area (Å²) in [6, 6.07) is 16.6. The Morgan fingerprint density at radius 3 is 2.73 bits per heavy atom. The molecule has 1 aliphatic heterocycles. The molecule has 0 saturated heterocycles. The molecule has 2 aromatic rings. The Labute approximate surface area is 129 Å². The zero-order valence-electron chi connectivity index (χ0n) is 12.2. The minimum Gasteiger partial charge on any atom is -0.378 e. The second kappa shape index (κ2) is 5.02. The van der Waals surface area contributed by atoms with Crippen molar-refractivity contribution >= 4 is 11.6 Å². The number of fused-ring (bicyclic) bond motifs is 3. The van der Waals surface area contributed by atoms with Gasteiger partial charge in [-0.1, -0.05) is 42.5 Å². The van der Waals surface area contributed by atoms with Crippen molar-refractivity contribution in [2.24, 2.45) is 11.7 Å². The summed E-state index contributed by atoms with van der Waals surface area (Å²) in [6.07, 6.45) is 5.57. The summed E-state index contributed by atoms with van der Waals surface area (Å²) in [6.45, 7) is 0. The maximum absolute atomic E-state index is 11.4. The first-order valence-electron chi connectivity index (χ1n) is 7.66. The molecule has 0 fully saturated rings. The molecule has 1 aliphatic carbocycles. The first-order valence-corrected chi connectivity index (χ1v) is 7.66. The second-order valence-corrected chi connectivity index (χ2v) is 6.05. The van der Waals surface area contributed by atoms with Crippen molar-refractivity contribution in [1.29, 1.82) is 0 Å². The van der Waals surface area contributed by atoms with Crippen molar-refractivity contribution < 1.29 is 4.79 Å². The first kappa shape index (κ1) is 13.1. The first-order chi connectivity index (χ1) is 10.7. The van der Waals surface area contributed by atoms with Crippen LogP contribution in [-0.4, -0.2) is 5.91 Å². The van der Waals surface area contributed by atoms with E-state index in [1.165, 1.54) is 11.1 Å². The largest absolute Gasteiger partial charge is 0.378 e. The van der Waals surface area contributed by atoms with Crippen LogP contribution in [0.4, 0.5) is 5.69 Å². The van der Waals surface area contributed by atoms with Gasteiger partial charge in [-0.15, -0.1) is 0 Å². The molecule has 1 amide bonds. The highest BCUT2D eigenvalue weighted by Crippen LogP contribution is 2.49. The summed E-state index contributed by atoms with van der Waals surface area (Å²) in [5.41, 5.74) is 9.60. The molecule has 2 aliphatic rings. The van der Waals surface area contributed by atoms with E-state index in [4.69, 9.17) is 5.73 Å². The van der Waals surface area contributed by atoms with Gasteiger partial charge in [0.05, 0.1) is 6.04 Å². The van der Waals surface area contributed by atoms with Crippen molar-refractivity contribution in [1.82, 2.24) is 0 Å². The average Bonchev–Trinajstić information content (AvgIpc) is 3.04. The van der Waals surface area contributed by atoms with E-state index in [1.807, 2.05) is 18.2 Å². The van der Waals surface area contributed by atoms with Crippen molar-refractivity contribution in [3.8, 4) is 0 Å². The van der Waals surface area contributed by atoms with Gasteiger partial charge in [-0.25, -0.2) is 0 Å². The normalized spacial score (nSPS) is 25.2. The summed E-state index contributed by atoms with van der Waals surface area (Å²) >= 11 is 0. The fraction of sp³-hybridized carbons (Fsp3) is 0.211. The van der Waals surface area contributed by atoms with E-state index in [-0.39, 0.29) is 5.91 Å². The van der Waals surface area contributed by atoms with E-state index in [0.717, 1.165) is 12.1 Å². The monoisotopic (exact) mass is 290 g/mol. The van der Waals surface area contributed by atoms with Crippen LogP contribution in [0.25, 0.3) is 0 Å². The Morgan fingerprint density at radius 2 is 1.95 bits per heavy atom. The molecule has 0 saturated carbocycles. The van der Waals surface area contributed by atoms with Gasteiger partial charge in [0.25, 0.3) is 0 Å². The van der Waals surface area contributed by atoms with Crippen molar-refractivity contribution in [2.75, 3.05) is 5.32 Å². The van der Waals surface area contributed by atoms with E-state index in [0.29, 0.717) is 23.4 Å². The van der Waals surface area contributed by atoms with E-state index in [9.17, 15) is 4.79 Å². The zero-order chi connectivity index (χ0) is 15.1. The molecule has 0 bridgehead atoms. The summed E-state index contributed by atoms with van der Waals surface area (Å²) in [7, 11) is 0. The van der Waals surface area contributed by atoms with Gasteiger partial charge in [0.2, 0.25) is 5.91 Å². The number of amides is 1. The van der Waals surface area contributed by atoms with Gasteiger partial charge in [-0.05, 0) is 41.7 Å². The number of anilines is 1. The lowest BCUT2D eigenvalue weighted by Gasteiger charge is -2.37. The maximum Gasteiger partial charge on any atom is 0.248 e. The van der Waals surface area contributed by atoms with Crippen LogP contribution in [0.2, 0.25) is 0 Å². The standard InChI is InChI=1S/C19H18N2O/c20-19(22)13-9-10-17-16(11-13)14-7-4-8-15(14)18(21-17)12-5-2-1-3-6-12/h1-7,9-11,14-15,18,21H,8H2,(H2,20,22). The van der Waals surface area contributed by atoms with Gasteiger partial charge in [0, 0.05) is 17.2 Å². The molecule has 2 aromatic carbocycles. The molecular weight excluding hydrogens is 272 g/mol. The highest BCUT2D eigenvalue weighted by molar-refractivity contribution is 5.93. The summed E-state index contributed by atoms with van der Waals surface area (Å²) < 4.78 is 0. The number of allylic oxidation sites excluding steroid dienone is 2. The second-order valence-electron chi connectivity index (χ2n) is 6.05. The number of nitrogens with two attached hydrogens (primary N) is 1. The molecule has 3 N–H and O–H groups in total. The van der Waals surface area contributed by atoms with Crippen LogP contribution in [0.5, 0.6) is 0 Å². The van der Waals surface area contributed by atoms with Crippen LogP contribution in [0.3, 0.4) is 0 Å². The van der Waals surface area contributed by atoms with Gasteiger partial charge >= 0.3 is 0 Å². The molecule has 0 radical (unpaired) electrons. The number of nitrogens with one attached hydrogen (secondary N) is 1. The molecule has 3 nitrogen and oxygen atoms in total. The third-order valence-electron chi connectivity index (χ3n) is 4.81. The minimum absolute atomic E-state index is 0.299. The van der Waals surface area contributed by atoms with Gasteiger partial charge in [0.1, 0.15) is 0 Å². The van der Waals surface area contributed by atoms with Crippen LogP contribution in [-0.2, 0) is 0 Å². The summed E-state index contributed by atoms with van der Waals surface area (Å²) in [4.78, 5) is 11.4. The topological polar surface area (TPSA) is 55.1 Å². The third kappa shape index (κ3) is 2.01. The smallest absolute Gasteiger partial charge is 0.248 e. The fourth-order valence-corrected chi connectivity index (χ4v) is 3.74. The number of rotatable bonds is 2. The molecule has 3 atom stereocenters. The van der Waals surface area contributed by atoms with E-state index < -0.39 is 0 Å². The summed E-state index contributed by atoms with van der Waals surface area (Å²) in [5.74, 6) is 0.463. The number of benzene rings is 2. The Balaban J connectivity index is 1.79. The molecular formula is C19H18N2O. The Hall–Kier alpha value is -2.55. The number of carbonyl (C=O) groups excluding carboxylic acids is 1. The lowest BCUT2D eigenvalue weighted by molar-refractivity contribution is 0.1000. The van der Waals surface area contributed by atoms with Crippen LogP contribution >= 0.6 is 0 Å². The number of hydrogen-bond donors (Lipinski definition) is 2. The van der Waals surface area contributed by atoms with E-state index in [1.54, 1.807) is 6.07 Å². The van der Waals surface area contributed by atoms with E-state index in [2.05, 4.69) is 41.7 Å². The minimum atomic E-state index is -0.369. The molecule has 0 spiro atoms. The molecule has 0 aromatic heterocycles. The molecule has 3 heteroatoms.